The monoisotopic (exact) mass is 335 g/mol. The number of amides is 2. The fourth-order valence-electron chi connectivity index (χ4n) is 2.11. The molecule has 2 aromatic carbocycles. The van der Waals surface area contributed by atoms with E-state index in [9.17, 15) is 9.59 Å². The van der Waals surface area contributed by atoms with Crippen molar-refractivity contribution in [3.05, 3.63) is 77.4 Å². The van der Waals surface area contributed by atoms with Gasteiger partial charge in [0.25, 0.3) is 11.8 Å². The van der Waals surface area contributed by atoms with Gasteiger partial charge in [0.1, 0.15) is 0 Å². The minimum Gasteiger partial charge on any atom is -0.322 e. The van der Waals surface area contributed by atoms with Gasteiger partial charge in [-0.3, -0.25) is 9.59 Å². The van der Waals surface area contributed by atoms with Crippen molar-refractivity contribution in [2.75, 3.05) is 5.32 Å². The first-order valence-corrected chi connectivity index (χ1v) is 7.85. The molecule has 0 aliphatic rings. The predicted molar refractivity (Wildman–Crippen MR) is 101 cm³/mol. The van der Waals surface area contributed by atoms with Gasteiger partial charge >= 0.3 is 0 Å². The van der Waals surface area contributed by atoms with Crippen LogP contribution < -0.4 is 10.7 Å². The van der Waals surface area contributed by atoms with Crippen molar-refractivity contribution in [3.8, 4) is 0 Å². The minimum absolute atomic E-state index is 0.237. The van der Waals surface area contributed by atoms with E-state index in [0.29, 0.717) is 22.5 Å². The summed E-state index contributed by atoms with van der Waals surface area (Å²) in [5, 5.41) is 6.90. The Bertz CT molecular complexity index is 854. The lowest BCUT2D eigenvalue weighted by atomic mass is 10.1. The van der Waals surface area contributed by atoms with Crippen molar-refractivity contribution >= 4 is 23.2 Å². The molecule has 0 fully saturated rings. The molecule has 0 heterocycles. The number of nitrogens with one attached hydrogen (secondary N) is 2. The predicted octanol–water partition coefficient (Wildman–Crippen LogP) is 3.66. The van der Waals surface area contributed by atoms with Gasteiger partial charge in [0.15, 0.2) is 0 Å². The van der Waals surface area contributed by atoms with E-state index < -0.39 is 0 Å². The molecule has 2 rings (SSSR count). The van der Waals surface area contributed by atoms with Crippen molar-refractivity contribution in [2.24, 2.45) is 5.10 Å². The summed E-state index contributed by atoms with van der Waals surface area (Å²) in [5.74, 6) is -0.505. The Morgan fingerprint density at radius 3 is 2.36 bits per heavy atom. The van der Waals surface area contributed by atoms with E-state index in [2.05, 4.69) is 22.4 Å². The van der Waals surface area contributed by atoms with Gasteiger partial charge < -0.3 is 5.32 Å². The number of carbonyl (C=O) groups is 2. The molecule has 0 atom stereocenters. The normalized spacial score (nSPS) is 10.9. The van der Waals surface area contributed by atoms with Crippen LogP contribution in [0.2, 0.25) is 0 Å². The van der Waals surface area contributed by atoms with Crippen LogP contribution in [0, 0.1) is 6.92 Å². The highest BCUT2D eigenvalue weighted by Gasteiger charge is 2.07. The molecule has 0 saturated carbocycles. The third kappa shape index (κ3) is 5.14. The quantitative estimate of drug-likeness (QED) is 0.497. The number of carbonyl (C=O) groups excluding carboxylic acids is 2. The highest BCUT2D eigenvalue weighted by Crippen LogP contribution is 2.12. The molecule has 0 aliphatic heterocycles. The fraction of sp³-hybridized carbons (Fsp3) is 0.150. The SMILES string of the molecule is C=C(C)C(=O)Nc1cccc(/C(C)=N\NC(=O)c2cccc(C)c2)c1. The lowest BCUT2D eigenvalue weighted by Gasteiger charge is -2.08. The molecule has 2 aromatic rings. The average molecular weight is 335 g/mol. The maximum atomic E-state index is 12.1. The first-order valence-electron chi connectivity index (χ1n) is 7.85. The number of hydrogen-bond donors (Lipinski definition) is 2. The topological polar surface area (TPSA) is 70.6 Å². The van der Waals surface area contributed by atoms with Crippen LogP contribution in [0.15, 0.2) is 65.8 Å². The molecule has 5 nitrogen and oxygen atoms in total. The van der Waals surface area contributed by atoms with E-state index in [1.165, 1.54) is 0 Å². The van der Waals surface area contributed by atoms with Gasteiger partial charge in [-0.25, -0.2) is 5.43 Å². The number of benzene rings is 2. The molecule has 0 unspecified atom stereocenters. The molecule has 128 valence electrons. The minimum atomic E-state index is -0.269. The summed E-state index contributed by atoms with van der Waals surface area (Å²) < 4.78 is 0. The van der Waals surface area contributed by atoms with Crippen LogP contribution in [0.5, 0.6) is 0 Å². The largest absolute Gasteiger partial charge is 0.322 e. The summed E-state index contributed by atoms with van der Waals surface area (Å²) in [5.41, 5.74) is 6.62. The van der Waals surface area contributed by atoms with Gasteiger partial charge in [0.05, 0.1) is 5.71 Å². The van der Waals surface area contributed by atoms with Gasteiger partial charge in [-0.1, -0.05) is 36.4 Å². The number of hydrogen-bond acceptors (Lipinski definition) is 3. The van der Waals surface area contributed by atoms with Crippen LogP contribution in [-0.4, -0.2) is 17.5 Å². The Balaban J connectivity index is 2.10. The van der Waals surface area contributed by atoms with E-state index in [1.807, 2.05) is 31.2 Å². The third-order valence-corrected chi connectivity index (χ3v) is 3.53. The molecular formula is C20H21N3O2. The van der Waals surface area contributed by atoms with Crippen molar-refractivity contribution in [3.63, 3.8) is 0 Å². The number of nitrogens with zero attached hydrogens (tertiary/aromatic N) is 1. The molecule has 0 aliphatic carbocycles. The molecule has 5 heteroatoms. The number of anilines is 1. The second kappa shape index (κ2) is 8.06. The molecule has 0 spiro atoms. The number of rotatable bonds is 5. The van der Waals surface area contributed by atoms with Crippen molar-refractivity contribution in [1.82, 2.24) is 5.43 Å². The van der Waals surface area contributed by atoms with E-state index in [4.69, 9.17) is 0 Å². The highest BCUT2D eigenvalue weighted by atomic mass is 16.2. The van der Waals surface area contributed by atoms with Crippen molar-refractivity contribution in [1.29, 1.82) is 0 Å². The molecule has 0 aromatic heterocycles. The third-order valence-electron chi connectivity index (χ3n) is 3.53. The summed E-state index contributed by atoms with van der Waals surface area (Å²) in [6.07, 6.45) is 0. The second-order valence-corrected chi connectivity index (χ2v) is 5.82. The Morgan fingerprint density at radius 1 is 1.00 bits per heavy atom. The molecule has 0 bridgehead atoms. The summed E-state index contributed by atoms with van der Waals surface area (Å²) >= 11 is 0. The van der Waals surface area contributed by atoms with Crippen LogP contribution in [0.1, 0.15) is 35.3 Å². The lowest BCUT2D eigenvalue weighted by Crippen LogP contribution is -2.19. The van der Waals surface area contributed by atoms with Crippen LogP contribution in [-0.2, 0) is 4.79 Å². The Morgan fingerprint density at radius 2 is 1.68 bits per heavy atom. The average Bonchev–Trinajstić information content (AvgIpc) is 2.59. The van der Waals surface area contributed by atoms with Crippen LogP contribution in [0.4, 0.5) is 5.69 Å². The van der Waals surface area contributed by atoms with Crippen LogP contribution in [0.3, 0.4) is 0 Å². The highest BCUT2D eigenvalue weighted by molar-refractivity contribution is 6.05. The van der Waals surface area contributed by atoms with E-state index in [-0.39, 0.29) is 11.8 Å². The maximum Gasteiger partial charge on any atom is 0.271 e. The van der Waals surface area contributed by atoms with Gasteiger partial charge in [0.2, 0.25) is 0 Å². The molecule has 2 amide bonds. The molecular weight excluding hydrogens is 314 g/mol. The van der Waals surface area contributed by atoms with Crippen LogP contribution >= 0.6 is 0 Å². The summed E-state index contributed by atoms with van der Waals surface area (Å²) in [6, 6.07) is 14.5. The lowest BCUT2D eigenvalue weighted by molar-refractivity contribution is -0.112. The van der Waals surface area contributed by atoms with Gasteiger partial charge in [-0.2, -0.15) is 5.10 Å². The zero-order valence-corrected chi connectivity index (χ0v) is 14.6. The molecule has 0 radical (unpaired) electrons. The van der Waals surface area contributed by atoms with E-state index in [0.717, 1.165) is 11.1 Å². The first-order chi connectivity index (χ1) is 11.9. The van der Waals surface area contributed by atoms with Gasteiger partial charge in [-0.05, 0) is 50.6 Å². The molecule has 25 heavy (non-hydrogen) atoms. The van der Waals surface area contributed by atoms with Crippen molar-refractivity contribution in [2.45, 2.75) is 20.8 Å². The molecule has 0 saturated heterocycles. The summed E-state index contributed by atoms with van der Waals surface area (Å²) in [4.78, 5) is 23.8. The summed E-state index contributed by atoms with van der Waals surface area (Å²) in [6.45, 7) is 8.97. The number of hydrazone groups is 1. The standard InChI is InChI=1S/C20H21N3O2/c1-13(2)19(24)21-18-10-6-8-16(12-18)15(4)22-23-20(25)17-9-5-7-14(3)11-17/h5-12H,1H2,2-4H3,(H,21,24)(H,23,25)/b22-15-. The maximum absolute atomic E-state index is 12.1. The first kappa shape index (κ1) is 18.1. The van der Waals surface area contributed by atoms with Gasteiger partial charge in [0, 0.05) is 16.8 Å². The zero-order chi connectivity index (χ0) is 18.4. The zero-order valence-electron chi connectivity index (χ0n) is 14.6. The summed E-state index contributed by atoms with van der Waals surface area (Å²) in [7, 11) is 0. The van der Waals surface area contributed by atoms with Crippen molar-refractivity contribution < 1.29 is 9.59 Å². The Kier molecular flexibility index (Phi) is 5.84. The van der Waals surface area contributed by atoms with Gasteiger partial charge in [-0.15, -0.1) is 0 Å². The smallest absolute Gasteiger partial charge is 0.271 e. The fourth-order valence-corrected chi connectivity index (χ4v) is 2.11. The Hall–Kier alpha value is -3.21. The number of aryl methyl sites for hydroxylation is 1. The second-order valence-electron chi connectivity index (χ2n) is 5.82. The van der Waals surface area contributed by atoms with E-state index >= 15 is 0 Å². The van der Waals surface area contributed by atoms with Crippen LogP contribution in [0.25, 0.3) is 0 Å². The Labute approximate surface area is 147 Å². The van der Waals surface area contributed by atoms with E-state index in [1.54, 1.807) is 38.1 Å². The molecule has 2 N–H and O–H groups in total.